The maximum atomic E-state index is 12.5. The Kier molecular flexibility index (Phi) is 4.36. The zero-order chi connectivity index (χ0) is 19.0. The molecule has 0 radical (unpaired) electrons. The van der Waals surface area contributed by atoms with Gasteiger partial charge in [-0.1, -0.05) is 6.07 Å². The van der Waals surface area contributed by atoms with Crippen molar-refractivity contribution >= 4 is 34.0 Å². The predicted octanol–water partition coefficient (Wildman–Crippen LogP) is 2.69. The molecule has 0 spiro atoms. The zero-order valence-corrected chi connectivity index (χ0v) is 15.6. The first-order chi connectivity index (χ1) is 13.0. The number of ether oxygens (including phenoxy) is 1. The third kappa shape index (κ3) is 3.41. The maximum absolute atomic E-state index is 12.5. The highest BCUT2D eigenvalue weighted by Gasteiger charge is 2.19. The SMILES string of the molecule is COc1nn(C)cc1C(=O)Nc1nc(-c2ccc3c(c2)CCC(=O)N3)cs1. The van der Waals surface area contributed by atoms with Crippen LogP contribution in [0.15, 0.2) is 29.8 Å². The zero-order valence-electron chi connectivity index (χ0n) is 14.8. The fourth-order valence-electron chi connectivity index (χ4n) is 2.95. The minimum Gasteiger partial charge on any atom is -0.479 e. The van der Waals surface area contributed by atoms with Crippen LogP contribution in [0.25, 0.3) is 11.3 Å². The van der Waals surface area contributed by atoms with Crippen LogP contribution >= 0.6 is 11.3 Å². The second kappa shape index (κ2) is 6.84. The van der Waals surface area contributed by atoms with Gasteiger partial charge in [0, 0.05) is 36.3 Å². The molecule has 3 heterocycles. The summed E-state index contributed by atoms with van der Waals surface area (Å²) < 4.78 is 6.64. The van der Waals surface area contributed by atoms with Crippen LogP contribution in [0.5, 0.6) is 5.88 Å². The summed E-state index contributed by atoms with van der Waals surface area (Å²) >= 11 is 1.34. The van der Waals surface area contributed by atoms with Crippen LogP contribution in [-0.2, 0) is 18.3 Å². The molecule has 0 bridgehead atoms. The first kappa shape index (κ1) is 17.2. The van der Waals surface area contributed by atoms with Crippen molar-refractivity contribution in [3.63, 3.8) is 0 Å². The molecular formula is C18H17N5O3S. The molecule has 1 aromatic carbocycles. The Bertz CT molecular complexity index is 1040. The maximum Gasteiger partial charge on any atom is 0.264 e. The normalized spacial score (nSPS) is 13.0. The van der Waals surface area contributed by atoms with E-state index in [1.807, 2.05) is 23.6 Å². The molecule has 0 saturated carbocycles. The molecule has 138 valence electrons. The monoisotopic (exact) mass is 383 g/mol. The van der Waals surface area contributed by atoms with Gasteiger partial charge >= 0.3 is 0 Å². The minimum atomic E-state index is -0.325. The lowest BCUT2D eigenvalue weighted by molar-refractivity contribution is -0.116. The van der Waals surface area contributed by atoms with E-state index < -0.39 is 0 Å². The number of aryl methyl sites for hydroxylation is 2. The molecule has 4 rings (SSSR count). The Morgan fingerprint density at radius 3 is 3.04 bits per heavy atom. The third-order valence-corrected chi connectivity index (χ3v) is 5.01. The van der Waals surface area contributed by atoms with Crippen molar-refractivity contribution in [2.24, 2.45) is 7.05 Å². The highest BCUT2D eigenvalue weighted by atomic mass is 32.1. The summed E-state index contributed by atoms with van der Waals surface area (Å²) in [7, 11) is 3.19. The van der Waals surface area contributed by atoms with E-state index in [4.69, 9.17) is 4.74 Å². The van der Waals surface area contributed by atoms with Gasteiger partial charge in [-0.3, -0.25) is 19.6 Å². The lowest BCUT2D eigenvalue weighted by atomic mass is 9.99. The van der Waals surface area contributed by atoms with Crippen molar-refractivity contribution in [2.75, 3.05) is 17.7 Å². The van der Waals surface area contributed by atoms with Crippen molar-refractivity contribution in [1.29, 1.82) is 0 Å². The van der Waals surface area contributed by atoms with E-state index in [9.17, 15) is 9.59 Å². The molecule has 1 aliphatic heterocycles. The summed E-state index contributed by atoms with van der Waals surface area (Å²) in [6, 6.07) is 5.83. The predicted molar refractivity (Wildman–Crippen MR) is 102 cm³/mol. The number of rotatable bonds is 4. The summed E-state index contributed by atoms with van der Waals surface area (Å²) in [6.45, 7) is 0. The number of amides is 2. The van der Waals surface area contributed by atoms with Crippen LogP contribution in [0.1, 0.15) is 22.3 Å². The Morgan fingerprint density at radius 2 is 2.22 bits per heavy atom. The van der Waals surface area contributed by atoms with E-state index in [1.165, 1.54) is 23.1 Å². The second-order valence-corrected chi connectivity index (χ2v) is 7.00. The van der Waals surface area contributed by atoms with Crippen LogP contribution in [0, 0.1) is 0 Å². The summed E-state index contributed by atoms with van der Waals surface area (Å²) in [6.07, 6.45) is 2.80. The van der Waals surface area contributed by atoms with Gasteiger partial charge in [-0.25, -0.2) is 4.98 Å². The van der Waals surface area contributed by atoms with E-state index in [0.717, 1.165) is 22.5 Å². The van der Waals surface area contributed by atoms with Crippen molar-refractivity contribution in [3.05, 3.63) is 40.9 Å². The number of aromatic nitrogens is 3. The minimum absolute atomic E-state index is 0.0414. The van der Waals surface area contributed by atoms with Gasteiger partial charge in [-0.2, -0.15) is 0 Å². The summed E-state index contributed by atoms with van der Waals surface area (Å²) in [5.74, 6) is -0.0164. The first-order valence-electron chi connectivity index (χ1n) is 8.31. The number of nitrogens with one attached hydrogen (secondary N) is 2. The lowest BCUT2D eigenvalue weighted by Gasteiger charge is -2.17. The van der Waals surface area contributed by atoms with Gasteiger partial charge in [0.2, 0.25) is 11.8 Å². The Morgan fingerprint density at radius 1 is 1.37 bits per heavy atom. The van der Waals surface area contributed by atoms with Crippen molar-refractivity contribution in [2.45, 2.75) is 12.8 Å². The van der Waals surface area contributed by atoms with Crippen molar-refractivity contribution in [3.8, 4) is 17.1 Å². The highest BCUT2D eigenvalue weighted by Crippen LogP contribution is 2.31. The average molecular weight is 383 g/mol. The lowest BCUT2D eigenvalue weighted by Crippen LogP contribution is -2.18. The fraction of sp³-hybridized carbons (Fsp3) is 0.222. The fourth-order valence-corrected chi connectivity index (χ4v) is 3.66. The van der Waals surface area contributed by atoms with Gasteiger partial charge < -0.3 is 10.1 Å². The van der Waals surface area contributed by atoms with Crippen LogP contribution in [0.4, 0.5) is 10.8 Å². The molecule has 0 fully saturated rings. The third-order valence-electron chi connectivity index (χ3n) is 4.25. The van der Waals surface area contributed by atoms with E-state index >= 15 is 0 Å². The van der Waals surface area contributed by atoms with Crippen molar-refractivity contribution in [1.82, 2.24) is 14.8 Å². The topological polar surface area (TPSA) is 98.1 Å². The molecule has 8 nitrogen and oxygen atoms in total. The number of benzene rings is 1. The van der Waals surface area contributed by atoms with Gasteiger partial charge in [-0.05, 0) is 24.1 Å². The summed E-state index contributed by atoms with van der Waals surface area (Å²) in [4.78, 5) is 28.4. The van der Waals surface area contributed by atoms with Crippen LogP contribution in [0.3, 0.4) is 0 Å². The molecule has 2 aromatic heterocycles. The van der Waals surface area contributed by atoms with Gasteiger partial charge in [0.15, 0.2) is 5.13 Å². The Hall–Kier alpha value is -3.20. The number of fused-ring (bicyclic) bond motifs is 1. The summed E-state index contributed by atoms with van der Waals surface area (Å²) in [5, 5.41) is 12.1. The second-order valence-electron chi connectivity index (χ2n) is 6.14. The molecule has 2 amide bonds. The Balaban J connectivity index is 1.53. The molecule has 0 atom stereocenters. The summed E-state index contributed by atoms with van der Waals surface area (Å²) in [5.41, 5.74) is 4.00. The Labute approximate surface area is 159 Å². The molecular weight excluding hydrogens is 366 g/mol. The molecule has 1 aliphatic rings. The molecule has 2 N–H and O–H groups in total. The number of methoxy groups -OCH3 is 1. The largest absolute Gasteiger partial charge is 0.479 e. The number of hydrogen-bond donors (Lipinski definition) is 2. The number of hydrogen-bond acceptors (Lipinski definition) is 6. The molecule has 9 heteroatoms. The van der Waals surface area contributed by atoms with Gasteiger partial charge in [0.25, 0.3) is 5.91 Å². The van der Waals surface area contributed by atoms with Crippen LogP contribution in [-0.4, -0.2) is 33.7 Å². The molecule has 3 aromatic rings. The van der Waals surface area contributed by atoms with E-state index in [2.05, 4.69) is 20.7 Å². The smallest absolute Gasteiger partial charge is 0.264 e. The van der Waals surface area contributed by atoms with E-state index in [-0.39, 0.29) is 17.7 Å². The average Bonchev–Trinajstić information content (AvgIpc) is 3.27. The quantitative estimate of drug-likeness (QED) is 0.722. The van der Waals surface area contributed by atoms with E-state index in [0.29, 0.717) is 23.5 Å². The number of carbonyl (C=O) groups is 2. The van der Waals surface area contributed by atoms with E-state index in [1.54, 1.807) is 13.2 Å². The molecule has 0 aliphatic carbocycles. The molecule has 0 unspecified atom stereocenters. The highest BCUT2D eigenvalue weighted by molar-refractivity contribution is 7.14. The number of anilines is 2. The molecule has 27 heavy (non-hydrogen) atoms. The van der Waals surface area contributed by atoms with Crippen LogP contribution in [0.2, 0.25) is 0 Å². The number of nitrogens with zero attached hydrogens (tertiary/aromatic N) is 3. The number of thiazole rings is 1. The molecule has 0 saturated heterocycles. The first-order valence-corrected chi connectivity index (χ1v) is 9.19. The standard InChI is InChI=1S/C18H17N5O3S/c1-23-8-12(17(22-23)26-2)16(25)21-18-20-14(9-27-18)11-3-5-13-10(7-11)4-6-15(24)19-13/h3,5,7-9H,4,6H2,1-2H3,(H,19,24)(H,20,21,25). The van der Waals surface area contributed by atoms with Crippen molar-refractivity contribution < 1.29 is 14.3 Å². The van der Waals surface area contributed by atoms with Crippen LogP contribution < -0.4 is 15.4 Å². The van der Waals surface area contributed by atoms with Gasteiger partial charge in [0.05, 0.1) is 12.8 Å². The van der Waals surface area contributed by atoms with Gasteiger partial charge in [0.1, 0.15) is 5.56 Å². The van der Waals surface area contributed by atoms with Gasteiger partial charge in [-0.15, -0.1) is 16.4 Å². The number of carbonyl (C=O) groups excluding carboxylic acids is 2.